The monoisotopic (exact) mass is 406 g/mol. The SMILES string of the molecule is O=C(N/N=C\c1cccc([N+](=O)[O-])c1)c1cccc(NC(=O)c2ccc(F)cc2)c1. The highest BCUT2D eigenvalue weighted by molar-refractivity contribution is 6.05. The van der Waals surface area contributed by atoms with Crippen molar-refractivity contribution < 1.29 is 18.9 Å². The van der Waals surface area contributed by atoms with E-state index < -0.39 is 22.6 Å². The van der Waals surface area contributed by atoms with Gasteiger partial charge in [-0.05, 0) is 42.5 Å². The van der Waals surface area contributed by atoms with Crippen LogP contribution in [0.25, 0.3) is 0 Å². The van der Waals surface area contributed by atoms with Gasteiger partial charge in [0.2, 0.25) is 0 Å². The first-order chi connectivity index (χ1) is 14.4. The fraction of sp³-hybridized carbons (Fsp3) is 0. The van der Waals surface area contributed by atoms with Crippen molar-refractivity contribution in [2.75, 3.05) is 5.32 Å². The molecule has 0 aliphatic heterocycles. The molecule has 3 aromatic rings. The molecule has 0 saturated heterocycles. The molecule has 150 valence electrons. The number of halogens is 1. The van der Waals surface area contributed by atoms with Crippen LogP contribution in [0.1, 0.15) is 26.3 Å². The smallest absolute Gasteiger partial charge is 0.271 e. The number of hydrogen-bond donors (Lipinski definition) is 2. The highest BCUT2D eigenvalue weighted by atomic mass is 19.1. The number of nitro groups is 1. The van der Waals surface area contributed by atoms with Gasteiger partial charge in [-0.25, -0.2) is 9.82 Å². The second-order valence-electron chi connectivity index (χ2n) is 6.09. The Labute approximate surface area is 170 Å². The second-order valence-corrected chi connectivity index (χ2v) is 6.09. The van der Waals surface area contributed by atoms with Crippen LogP contribution in [0.4, 0.5) is 15.8 Å². The molecule has 0 spiro atoms. The number of nitrogens with one attached hydrogen (secondary N) is 2. The van der Waals surface area contributed by atoms with Crippen LogP contribution >= 0.6 is 0 Å². The summed E-state index contributed by atoms with van der Waals surface area (Å²) in [6.07, 6.45) is 1.28. The Morgan fingerprint density at radius 3 is 2.40 bits per heavy atom. The summed E-state index contributed by atoms with van der Waals surface area (Å²) in [5, 5.41) is 17.2. The van der Waals surface area contributed by atoms with Crippen molar-refractivity contribution in [3.63, 3.8) is 0 Å². The van der Waals surface area contributed by atoms with Gasteiger partial charge in [-0.2, -0.15) is 5.10 Å². The summed E-state index contributed by atoms with van der Waals surface area (Å²) in [6, 6.07) is 17.0. The average Bonchev–Trinajstić information content (AvgIpc) is 2.74. The minimum atomic E-state index is -0.533. The van der Waals surface area contributed by atoms with Gasteiger partial charge in [0.1, 0.15) is 5.82 Å². The van der Waals surface area contributed by atoms with Crippen molar-refractivity contribution in [3.05, 3.63) is 105 Å². The Balaban J connectivity index is 1.64. The predicted molar refractivity (Wildman–Crippen MR) is 109 cm³/mol. The highest BCUT2D eigenvalue weighted by Gasteiger charge is 2.09. The molecule has 0 bridgehead atoms. The van der Waals surface area contributed by atoms with E-state index in [2.05, 4.69) is 15.8 Å². The Hall–Kier alpha value is -4.40. The predicted octanol–water partition coefficient (Wildman–Crippen LogP) is 3.75. The average molecular weight is 406 g/mol. The standard InChI is InChI=1S/C21H15FN4O4/c22-17-9-7-15(8-10-17)20(27)24-18-5-2-4-16(12-18)21(28)25-23-13-14-3-1-6-19(11-14)26(29)30/h1-13H,(H,24,27)(H,25,28)/b23-13-. The topological polar surface area (TPSA) is 114 Å². The van der Waals surface area contributed by atoms with E-state index in [0.717, 1.165) is 0 Å². The normalized spacial score (nSPS) is 10.6. The minimum Gasteiger partial charge on any atom is -0.322 e. The largest absolute Gasteiger partial charge is 0.322 e. The zero-order chi connectivity index (χ0) is 21.5. The van der Waals surface area contributed by atoms with Crippen molar-refractivity contribution in [3.8, 4) is 0 Å². The molecular formula is C21H15FN4O4. The summed E-state index contributed by atoms with van der Waals surface area (Å²) < 4.78 is 13.0. The van der Waals surface area contributed by atoms with E-state index in [1.807, 2.05) is 0 Å². The zero-order valence-corrected chi connectivity index (χ0v) is 15.4. The number of nitrogens with zero attached hydrogens (tertiary/aromatic N) is 2. The molecule has 0 aliphatic carbocycles. The lowest BCUT2D eigenvalue weighted by atomic mass is 10.1. The van der Waals surface area contributed by atoms with E-state index in [1.165, 1.54) is 60.8 Å². The molecule has 0 aliphatic rings. The van der Waals surface area contributed by atoms with Gasteiger partial charge in [0, 0.05) is 34.5 Å². The van der Waals surface area contributed by atoms with Gasteiger partial charge in [0.15, 0.2) is 0 Å². The summed E-state index contributed by atoms with van der Waals surface area (Å²) in [7, 11) is 0. The lowest BCUT2D eigenvalue weighted by molar-refractivity contribution is -0.384. The molecule has 0 fully saturated rings. The molecule has 3 aromatic carbocycles. The molecule has 0 heterocycles. The van der Waals surface area contributed by atoms with Gasteiger partial charge in [-0.3, -0.25) is 19.7 Å². The molecule has 0 atom stereocenters. The van der Waals surface area contributed by atoms with E-state index in [0.29, 0.717) is 11.3 Å². The number of anilines is 1. The first-order valence-electron chi connectivity index (χ1n) is 8.67. The first kappa shape index (κ1) is 20.3. The van der Waals surface area contributed by atoms with E-state index >= 15 is 0 Å². The lowest BCUT2D eigenvalue weighted by Crippen LogP contribution is -2.18. The Morgan fingerprint density at radius 2 is 1.67 bits per heavy atom. The van der Waals surface area contributed by atoms with Crippen LogP contribution in [0.5, 0.6) is 0 Å². The molecule has 2 amide bonds. The number of carbonyl (C=O) groups excluding carboxylic acids is 2. The molecule has 0 saturated carbocycles. The summed E-state index contributed by atoms with van der Waals surface area (Å²) in [5.74, 6) is -1.43. The fourth-order valence-electron chi connectivity index (χ4n) is 2.49. The number of hydrazone groups is 1. The Morgan fingerprint density at radius 1 is 0.933 bits per heavy atom. The van der Waals surface area contributed by atoms with E-state index in [9.17, 15) is 24.1 Å². The maximum atomic E-state index is 13.0. The van der Waals surface area contributed by atoms with Gasteiger partial charge in [0.25, 0.3) is 17.5 Å². The third-order valence-corrected chi connectivity index (χ3v) is 3.95. The Kier molecular flexibility index (Phi) is 6.23. The van der Waals surface area contributed by atoms with Gasteiger partial charge in [0.05, 0.1) is 11.1 Å². The van der Waals surface area contributed by atoms with Crippen LogP contribution in [-0.4, -0.2) is 23.0 Å². The van der Waals surface area contributed by atoms with Crippen molar-refractivity contribution in [2.24, 2.45) is 5.10 Å². The van der Waals surface area contributed by atoms with Crippen LogP contribution < -0.4 is 10.7 Å². The molecule has 2 N–H and O–H groups in total. The highest BCUT2D eigenvalue weighted by Crippen LogP contribution is 2.14. The van der Waals surface area contributed by atoms with Crippen LogP contribution in [0.15, 0.2) is 77.9 Å². The maximum Gasteiger partial charge on any atom is 0.271 e. The fourth-order valence-corrected chi connectivity index (χ4v) is 2.49. The molecule has 0 radical (unpaired) electrons. The summed E-state index contributed by atoms with van der Waals surface area (Å²) in [4.78, 5) is 34.7. The van der Waals surface area contributed by atoms with Crippen LogP contribution in [0, 0.1) is 15.9 Å². The molecular weight excluding hydrogens is 391 g/mol. The van der Waals surface area contributed by atoms with Crippen molar-refractivity contribution in [1.29, 1.82) is 0 Å². The van der Waals surface area contributed by atoms with Crippen LogP contribution in [-0.2, 0) is 0 Å². The third-order valence-electron chi connectivity index (χ3n) is 3.95. The van der Waals surface area contributed by atoms with Crippen LogP contribution in [0.3, 0.4) is 0 Å². The number of amides is 2. The number of hydrogen-bond acceptors (Lipinski definition) is 5. The van der Waals surface area contributed by atoms with Gasteiger partial charge < -0.3 is 5.32 Å². The number of nitro benzene ring substituents is 1. The van der Waals surface area contributed by atoms with Gasteiger partial charge in [-0.15, -0.1) is 0 Å². The Bertz CT molecular complexity index is 1130. The second kappa shape index (κ2) is 9.20. The van der Waals surface area contributed by atoms with E-state index in [1.54, 1.807) is 18.2 Å². The molecule has 9 heteroatoms. The third kappa shape index (κ3) is 5.32. The number of benzene rings is 3. The first-order valence-corrected chi connectivity index (χ1v) is 8.67. The lowest BCUT2D eigenvalue weighted by Gasteiger charge is -2.07. The number of rotatable bonds is 6. The van der Waals surface area contributed by atoms with E-state index in [-0.39, 0.29) is 16.8 Å². The molecule has 0 unspecified atom stereocenters. The van der Waals surface area contributed by atoms with Crippen molar-refractivity contribution >= 4 is 29.4 Å². The maximum absolute atomic E-state index is 13.0. The summed E-state index contributed by atoms with van der Waals surface area (Å²) >= 11 is 0. The molecule has 8 nitrogen and oxygen atoms in total. The summed E-state index contributed by atoms with van der Waals surface area (Å²) in [6.45, 7) is 0. The van der Waals surface area contributed by atoms with Crippen molar-refractivity contribution in [1.82, 2.24) is 5.43 Å². The minimum absolute atomic E-state index is 0.0881. The van der Waals surface area contributed by atoms with Crippen molar-refractivity contribution in [2.45, 2.75) is 0 Å². The molecule has 30 heavy (non-hydrogen) atoms. The van der Waals surface area contributed by atoms with Gasteiger partial charge >= 0.3 is 0 Å². The molecule has 0 aromatic heterocycles. The van der Waals surface area contributed by atoms with E-state index in [4.69, 9.17) is 0 Å². The van der Waals surface area contributed by atoms with Crippen LogP contribution in [0.2, 0.25) is 0 Å². The number of non-ortho nitro benzene ring substituents is 1. The number of carbonyl (C=O) groups is 2. The molecule has 3 rings (SSSR count). The summed E-state index contributed by atoms with van der Waals surface area (Å²) in [5.41, 5.74) is 3.57. The quantitative estimate of drug-likeness (QED) is 0.369. The van der Waals surface area contributed by atoms with Gasteiger partial charge in [-0.1, -0.05) is 18.2 Å². The zero-order valence-electron chi connectivity index (χ0n) is 15.4.